The molecular formula is C29H30N4O4. The van der Waals surface area contributed by atoms with Crippen molar-refractivity contribution in [2.75, 3.05) is 32.9 Å². The molecule has 0 bridgehead atoms. The van der Waals surface area contributed by atoms with Crippen LogP contribution in [0, 0.1) is 6.92 Å². The number of para-hydroxylation sites is 1. The Kier molecular flexibility index (Phi) is 5.15. The molecular weight excluding hydrogens is 468 g/mol. The number of aromatic nitrogens is 3. The molecule has 7 rings (SSSR count). The minimum atomic E-state index is -0.194. The van der Waals surface area contributed by atoms with Crippen molar-refractivity contribution in [3.63, 3.8) is 0 Å². The van der Waals surface area contributed by atoms with Gasteiger partial charge in [-0.05, 0) is 56.4 Å². The summed E-state index contributed by atoms with van der Waals surface area (Å²) in [5.74, 6) is 2.13. The number of hydrogen-bond donors (Lipinski definition) is 1. The number of amides is 1. The van der Waals surface area contributed by atoms with Crippen molar-refractivity contribution in [1.29, 1.82) is 0 Å². The number of piperidine rings is 1. The summed E-state index contributed by atoms with van der Waals surface area (Å²) < 4.78 is 13.5. The van der Waals surface area contributed by atoms with Crippen LogP contribution in [0.2, 0.25) is 0 Å². The number of ether oxygens (including phenoxy) is 2. The molecule has 2 saturated heterocycles. The number of carbonyl (C=O) groups is 1. The normalized spacial score (nSPS) is 19.4. The third-order valence-corrected chi connectivity index (χ3v) is 8.64. The van der Waals surface area contributed by atoms with Crippen LogP contribution in [0.4, 0.5) is 0 Å². The second-order valence-electron chi connectivity index (χ2n) is 10.7. The zero-order valence-electron chi connectivity index (χ0n) is 21.0. The average Bonchev–Trinajstić information content (AvgIpc) is 3.53. The lowest BCUT2D eigenvalue weighted by atomic mass is 9.74. The molecule has 2 fully saturated rings. The molecule has 0 radical (unpaired) electrons. The van der Waals surface area contributed by atoms with Gasteiger partial charge in [-0.3, -0.25) is 14.0 Å². The molecule has 3 aliphatic rings. The molecule has 1 N–H and O–H groups in total. The molecule has 0 atom stereocenters. The first-order valence-corrected chi connectivity index (χ1v) is 13.2. The number of aromatic amines is 1. The van der Waals surface area contributed by atoms with Gasteiger partial charge >= 0.3 is 0 Å². The van der Waals surface area contributed by atoms with E-state index in [0.29, 0.717) is 49.5 Å². The van der Waals surface area contributed by atoms with Gasteiger partial charge in [-0.15, -0.1) is 0 Å². The zero-order chi connectivity index (χ0) is 25.1. The summed E-state index contributed by atoms with van der Waals surface area (Å²) in [6.07, 6.45) is 5.18. The monoisotopic (exact) mass is 498 g/mol. The number of nitrogens with zero attached hydrogens (tertiary/aromatic N) is 3. The van der Waals surface area contributed by atoms with Crippen LogP contribution in [-0.2, 0) is 10.2 Å². The van der Waals surface area contributed by atoms with E-state index in [2.05, 4.69) is 22.1 Å². The predicted octanol–water partition coefficient (Wildman–Crippen LogP) is 3.94. The van der Waals surface area contributed by atoms with Crippen LogP contribution in [0.5, 0.6) is 5.75 Å². The van der Waals surface area contributed by atoms with Crippen LogP contribution in [0.3, 0.4) is 0 Å². The van der Waals surface area contributed by atoms with Crippen molar-refractivity contribution in [3.05, 3.63) is 75.5 Å². The van der Waals surface area contributed by atoms with Gasteiger partial charge in [0.1, 0.15) is 17.1 Å². The van der Waals surface area contributed by atoms with Gasteiger partial charge in [-0.25, -0.2) is 4.98 Å². The van der Waals surface area contributed by atoms with Crippen LogP contribution in [0.1, 0.15) is 58.9 Å². The van der Waals surface area contributed by atoms with E-state index in [0.717, 1.165) is 48.3 Å². The summed E-state index contributed by atoms with van der Waals surface area (Å²) in [6.45, 7) is 5.42. The maximum atomic E-state index is 13.7. The number of H-pyrrole nitrogens is 1. The molecule has 2 aromatic carbocycles. The summed E-state index contributed by atoms with van der Waals surface area (Å²) in [7, 11) is 0. The number of likely N-dealkylation sites (tertiary alicyclic amines) is 1. The number of fused-ring (bicyclic) bond motifs is 5. The first kappa shape index (κ1) is 22.5. The Morgan fingerprint density at radius 2 is 1.89 bits per heavy atom. The number of nitrogens with one attached hydrogen (secondary N) is 1. The average molecular weight is 499 g/mol. The van der Waals surface area contributed by atoms with Gasteiger partial charge in [0, 0.05) is 48.8 Å². The van der Waals surface area contributed by atoms with Gasteiger partial charge < -0.3 is 19.4 Å². The SMILES string of the molecule is Cc1cc2c(cc1C(=O)N1CCC3(CC1)COc1ccccc13)[nH]c(=O)c1cnc(C3CCOCC3)n12. The van der Waals surface area contributed by atoms with E-state index in [1.807, 2.05) is 40.5 Å². The Morgan fingerprint density at radius 3 is 2.70 bits per heavy atom. The quantitative estimate of drug-likeness (QED) is 0.452. The Bertz CT molecular complexity index is 1590. The van der Waals surface area contributed by atoms with E-state index in [1.54, 1.807) is 6.20 Å². The summed E-state index contributed by atoms with van der Waals surface area (Å²) in [6, 6.07) is 12.1. The number of imidazole rings is 1. The van der Waals surface area contributed by atoms with E-state index in [9.17, 15) is 9.59 Å². The van der Waals surface area contributed by atoms with Crippen LogP contribution in [-0.4, -0.2) is 58.1 Å². The maximum Gasteiger partial charge on any atom is 0.274 e. The van der Waals surface area contributed by atoms with Crippen LogP contribution >= 0.6 is 0 Å². The fourth-order valence-electron chi connectivity index (χ4n) is 6.46. The highest BCUT2D eigenvalue weighted by atomic mass is 16.5. The molecule has 4 aromatic rings. The highest BCUT2D eigenvalue weighted by molar-refractivity contribution is 5.99. The minimum absolute atomic E-state index is 0.00930. The smallest absolute Gasteiger partial charge is 0.274 e. The van der Waals surface area contributed by atoms with Gasteiger partial charge in [0.25, 0.3) is 11.5 Å². The Morgan fingerprint density at radius 1 is 1.11 bits per heavy atom. The highest BCUT2D eigenvalue weighted by Crippen LogP contribution is 2.45. The van der Waals surface area contributed by atoms with E-state index in [1.165, 1.54) is 5.56 Å². The van der Waals surface area contributed by atoms with Crippen molar-refractivity contribution < 1.29 is 14.3 Å². The fourth-order valence-corrected chi connectivity index (χ4v) is 6.46. The molecule has 0 unspecified atom stereocenters. The Hall–Kier alpha value is -3.65. The van der Waals surface area contributed by atoms with Crippen molar-refractivity contribution in [2.45, 2.75) is 43.9 Å². The largest absolute Gasteiger partial charge is 0.492 e. The fraction of sp³-hybridized carbons (Fsp3) is 0.414. The predicted molar refractivity (Wildman–Crippen MR) is 140 cm³/mol. The second kappa shape index (κ2) is 8.45. The maximum absolute atomic E-state index is 13.7. The molecule has 3 aliphatic heterocycles. The van der Waals surface area contributed by atoms with Crippen LogP contribution < -0.4 is 10.3 Å². The Balaban J connectivity index is 1.21. The van der Waals surface area contributed by atoms with Gasteiger partial charge in [-0.2, -0.15) is 0 Å². The van der Waals surface area contributed by atoms with Crippen molar-refractivity contribution >= 4 is 22.5 Å². The number of carbonyl (C=O) groups excluding carboxylic acids is 1. The van der Waals surface area contributed by atoms with Gasteiger partial charge in [-0.1, -0.05) is 18.2 Å². The van der Waals surface area contributed by atoms with E-state index in [-0.39, 0.29) is 22.8 Å². The molecule has 8 heteroatoms. The lowest BCUT2D eigenvalue weighted by Crippen LogP contribution is -2.46. The number of aryl methyl sites for hydroxylation is 1. The molecule has 0 aliphatic carbocycles. The zero-order valence-corrected chi connectivity index (χ0v) is 21.0. The molecule has 0 saturated carbocycles. The van der Waals surface area contributed by atoms with E-state index >= 15 is 0 Å². The second-order valence-corrected chi connectivity index (χ2v) is 10.7. The minimum Gasteiger partial charge on any atom is -0.492 e. The third kappa shape index (κ3) is 3.49. The van der Waals surface area contributed by atoms with Crippen LogP contribution in [0.25, 0.3) is 16.6 Å². The van der Waals surface area contributed by atoms with Crippen molar-refractivity contribution in [3.8, 4) is 5.75 Å². The molecule has 2 aromatic heterocycles. The van der Waals surface area contributed by atoms with E-state index in [4.69, 9.17) is 9.47 Å². The summed E-state index contributed by atoms with van der Waals surface area (Å²) in [4.78, 5) is 36.2. The molecule has 37 heavy (non-hydrogen) atoms. The Labute approximate surface area is 214 Å². The van der Waals surface area contributed by atoms with E-state index < -0.39 is 0 Å². The molecule has 8 nitrogen and oxygen atoms in total. The lowest BCUT2D eigenvalue weighted by molar-refractivity contribution is 0.0646. The molecule has 1 amide bonds. The van der Waals surface area contributed by atoms with Gasteiger partial charge in [0.2, 0.25) is 0 Å². The van der Waals surface area contributed by atoms with Gasteiger partial charge in [0.15, 0.2) is 0 Å². The van der Waals surface area contributed by atoms with Crippen molar-refractivity contribution in [1.82, 2.24) is 19.3 Å². The summed E-state index contributed by atoms with van der Waals surface area (Å²) in [5.41, 5.74) is 4.66. The number of benzene rings is 2. The van der Waals surface area contributed by atoms with Crippen molar-refractivity contribution in [2.24, 2.45) is 0 Å². The highest BCUT2D eigenvalue weighted by Gasteiger charge is 2.43. The number of hydrogen-bond acceptors (Lipinski definition) is 5. The molecule has 5 heterocycles. The van der Waals surface area contributed by atoms with Crippen LogP contribution in [0.15, 0.2) is 47.4 Å². The first-order valence-electron chi connectivity index (χ1n) is 13.2. The first-order chi connectivity index (χ1) is 18.0. The summed E-state index contributed by atoms with van der Waals surface area (Å²) >= 11 is 0. The van der Waals surface area contributed by atoms with Gasteiger partial charge in [0.05, 0.1) is 23.8 Å². The molecule has 1 spiro atoms. The molecule has 190 valence electrons. The third-order valence-electron chi connectivity index (χ3n) is 8.64. The standard InChI is InChI=1S/C29H30N4O4/c1-18-14-23-22(31-27(34)24-16-30-26(33(23)24)19-6-12-36-13-7-19)15-20(18)28(35)32-10-8-29(9-11-32)17-37-25-5-3-2-4-21(25)29/h2-5,14-16,19H,6-13,17H2,1H3,(H,31,34). The lowest BCUT2D eigenvalue weighted by Gasteiger charge is -2.38. The summed E-state index contributed by atoms with van der Waals surface area (Å²) in [5, 5.41) is 0. The number of rotatable bonds is 2. The topological polar surface area (TPSA) is 88.9 Å².